The molecule has 0 spiro atoms. The molecule has 2 rings (SSSR count). The number of piperidine rings is 1. The molecule has 0 bridgehead atoms. The molecule has 3 nitrogen and oxygen atoms in total. The third-order valence-electron chi connectivity index (χ3n) is 4.63. The Hall–Kier alpha value is -1.06. The zero-order chi connectivity index (χ0) is 14.7. The first kappa shape index (κ1) is 15.3. The SMILES string of the molecule is CC1CN(C)C(C)CC1NCc1ccc(N(C)C)cc1. The Morgan fingerprint density at radius 3 is 2.45 bits per heavy atom. The Morgan fingerprint density at radius 1 is 1.20 bits per heavy atom. The highest BCUT2D eigenvalue weighted by atomic mass is 15.2. The molecule has 1 N–H and O–H groups in total. The van der Waals surface area contributed by atoms with Gasteiger partial charge in [0.05, 0.1) is 0 Å². The third-order valence-corrected chi connectivity index (χ3v) is 4.63. The van der Waals surface area contributed by atoms with Crippen LogP contribution in [-0.2, 0) is 6.54 Å². The number of hydrogen-bond acceptors (Lipinski definition) is 3. The maximum atomic E-state index is 3.75. The molecule has 3 atom stereocenters. The topological polar surface area (TPSA) is 18.5 Å². The van der Waals surface area contributed by atoms with E-state index in [1.165, 1.54) is 24.2 Å². The van der Waals surface area contributed by atoms with Gasteiger partial charge in [-0.3, -0.25) is 0 Å². The van der Waals surface area contributed by atoms with Crippen LogP contribution in [0.2, 0.25) is 0 Å². The van der Waals surface area contributed by atoms with Crippen molar-refractivity contribution >= 4 is 5.69 Å². The second kappa shape index (κ2) is 6.59. The van der Waals surface area contributed by atoms with E-state index >= 15 is 0 Å². The van der Waals surface area contributed by atoms with Gasteiger partial charge in [-0.2, -0.15) is 0 Å². The molecule has 0 aliphatic carbocycles. The number of likely N-dealkylation sites (tertiary alicyclic amines) is 1. The van der Waals surface area contributed by atoms with Crippen molar-refractivity contribution in [3.8, 4) is 0 Å². The van der Waals surface area contributed by atoms with Crippen LogP contribution >= 0.6 is 0 Å². The molecule has 1 aromatic carbocycles. The Kier molecular flexibility index (Phi) is 5.06. The van der Waals surface area contributed by atoms with Crippen LogP contribution in [0.5, 0.6) is 0 Å². The van der Waals surface area contributed by atoms with Crippen LogP contribution in [0.25, 0.3) is 0 Å². The fraction of sp³-hybridized carbons (Fsp3) is 0.647. The van der Waals surface area contributed by atoms with Crippen LogP contribution in [0.15, 0.2) is 24.3 Å². The quantitative estimate of drug-likeness (QED) is 0.911. The monoisotopic (exact) mass is 275 g/mol. The van der Waals surface area contributed by atoms with Gasteiger partial charge in [0.2, 0.25) is 0 Å². The summed E-state index contributed by atoms with van der Waals surface area (Å²) in [7, 11) is 6.39. The van der Waals surface area contributed by atoms with E-state index in [0.717, 1.165) is 12.5 Å². The summed E-state index contributed by atoms with van der Waals surface area (Å²) in [5.74, 6) is 0.720. The molecule has 0 aromatic heterocycles. The number of anilines is 1. The lowest BCUT2D eigenvalue weighted by molar-refractivity contribution is 0.121. The van der Waals surface area contributed by atoms with Gasteiger partial charge in [0.1, 0.15) is 0 Å². The molecular formula is C17H29N3. The highest BCUT2D eigenvalue weighted by Gasteiger charge is 2.28. The first-order valence-corrected chi connectivity index (χ1v) is 7.67. The molecule has 0 amide bonds. The Labute approximate surface area is 124 Å². The Balaban J connectivity index is 1.88. The zero-order valence-electron chi connectivity index (χ0n) is 13.6. The first-order valence-electron chi connectivity index (χ1n) is 7.67. The van der Waals surface area contributed by atoms with Crippen molar-refractivity contribution < 1.29 is 0 Å². The molecule has 1 aliphatic heterocycles. The van der Waals surface area contributed by atoms with Crippen molar-refractivity contribution in [1.29, 1.82) is 0 Å². The smallest absolute Gasteiger partial charge is 0.0361 e. The van der Waals surface area contributed by atoms with Gasteiger partial charge >= 0.3 is 0 Å². The van der Waals surface area contributed by atoms with Crippen LogP contribution in [-0.4, -0.2) is 44.7 Å². The van der Waals surface area contributed by atoms with Crippen molar-refractivity contribution in [2.45, 2.75) is 38.9 Å². The van der Waals surface area contributed by atoms with E-state index in [9.17, 15) is 0 Å². The summed E-state index contributed by atoms with van der Waals surface area (Å²) in [5.41, 5.74) is 2.63. The highest BCUT2D eigenvalue weighted by Crippen LogP contribution is 2.21. The van der Waals surface area contributed by atoms with Crippen LogP contribution in [0, 0.1) is 5.92 Å². The lowest BCUT2D eigenvalue weighted by Gasteiger charge is -2.40. The van der Waals surface area contributed by atoms with Crippen molar-refractivity contribution in [3.05, 3.63) is 29.8 Å². The maximum Gasteiger partial charge on any atom is 0.0361 e. The largest absolute Gasteiger partial charge is 0.378 e. The molecule has 1 fully saturated rings. The summed E-state index contributed by atoms with van der Waals surface area (Å²) in [6.07, 6.45) is 1.24. The van der Waals surface area contributed by atoms with E-state index in [1.807, 2.05) is 0 Å². The number of benzene rings is 1. The third kappa shape index (κ3) is 3.74. The van der Waals surface area contributed by atoms with E-state index in [-0.39, 0.29) is 0 Å². The molecule has 1 saturated heterocycles. The molecule has 20 heavy (non-hydrogen) atoms. The number of nitrogens with one attached hydrogen (secondary N) is 1. The number of rotatable bonds is 4. The minimum Gasteiger partial charge on any atom is -0.378 e. The minimum absolute atomic E-state index is 0.634. The van der Waals surface area contributed by atoms with Gasteiger partial charge < -0.3 is 15.1 Å². The van der Waals surface area contributed by atoms with Gasteiger partial charge in [0, 0.05) is 45.0 Å². The summed E-state index contributed by atoms with van der Waals surface area (Å²) in [5, 5.41) is 3.75. The lowest BCUT2D eigenvalue weighted by Crippen LogP contribution is -2.50. The van der Waals surface area contributed by atoms with Gasteiger partial charge in [-0.05, 0) is 44.0 Å². The standard InChI is InChI=1S/C17H29N3/c1-13-12-20(5)14(2)10-17(13)18-11-15-6-8-16(9-7-15)19(3)4/h6-9,13-14,17-18H,10-12H2,1-5H3. The predicted octanol–water partition coefficient (Wildman–Crippen LogP) is 2.57. The first-order chi connectivity index (χ1) is 9.47. The van der Waals surface area contributed by atoms with Crippen molar-refractivity contribution in [1.82, 2.24) is 10.2 Å². The number of hydrogen-bond donors (Lipinski definition) is 1. The van der Waals surface area contributed by atoms with E-state index in [1.54, 1.807) is 0 Å². The van der Waals surface area contributed by atoms with Gasteiger partial charge in [0.25, 0.3) is 0 Å². The molecule has 1 aromatic rings. The van der Waals surface area contributed by atoms with Gasteiger partial charge in [-0.25, -0.2) is 0 Å². The van der Waals surface area contributed by atoms with E-state index in [4.69, 9.17) is 0 Å². The molecule has 0 saturated carbocycles. The fourth-order valence-corrected chi connectivity index (χ4v) is 2.99. The summed E-state index contributed by atoms with van der Waals surface area (Å²) < 4.78 is 0. The lowest BCUT2D eigenvalue weighted by atomic mass is 9.90. The zero-order valence-corrected chi connectivity index (χ0v) is 13.6. The van der Waals surface area contributed by atoms with Crippen LogP contribution in [0.3, 0.4) is 0 Å². The molecule has 1 heterocycles. The minimum atomic E-state index is 0.634. The molecule has 3 unspecified atom stereocenters. The maximum absolute atomic E-state index is 3.75. The fourth-order valence-electron chi connectivity index (χ4n) is 2.99. The Morgan fingerprint density at radius 2 is 1.85 bits per heavy atom. The normalized spacial score (nSPS) is 27.6. The number of nitrogens with zero attached hydrogens (tertiary/aromatic N) is 2. The van der Waals surface area contributed by atoms with Crippen LogP contribution in [0.1, 0.15) is 25.8 Å². The molecular weight excluding hydrogens is 246 g/mol. The van der Waals surface area contributed by atoms with E-state index in [0.29, 0.717) is 12.1 Å². The summed E-state index contributed by atoms with van der Waals surface area (Å²) in [6.45, 7) is 6.85. The van der Waals surface area contributed by atoms with Crippen LogP contribution < -0.4 is 10.2 Å². The highest BCUT2D eigenvalue weighted by molar-refractivity contribution is 5.45. The average molecular weight is 275 g/mol. The van der Waals surface area contributed by atoms with E-state index < -0.39 is 0 Å². The molecule has 3 heteroatoms. The average Bonchev–Trinajstić information content (AvgIpc) is 2.42. The summed E-state index contributed by atoms with van der Waals surface area (Å²) in [6, 6.07) is 10.2. The second-order valence-corrected chi connectivity index (χ2v) is 6.55. The van der Waals surface area contributed by atoms with Crippen molar-refractivity contribution in [3.63, 3.8) is 0 Å². The van der Waals surface area contributed by atoms with Gasteiger partial charge in [-0.1, -0.05) is 19.1 Å². The Bertz CT molecular complexity index is 413. The second-order valence-electron chi connectivity index (χ2n) is 6.55. The molecule has 112 valence electrons. The molecule has 0 radical (unpaired) electrons. The predicted molar refractivity (Wildman–Crippen MR) is 87.3 cm³/mol. The van der Waals surface area contributed by atoms with Crippen molar-refractivity contribution in [2.75, 3.05) is 32.6 Å². The summed E-state index contributed by atoms with van der Waals surface area (Å²) >= 11 is 0. The molecule has 1 aliphatic rings. The van der Waals surface area contributed by atoms with Crippen molar-refractivity contribution in [2.24, 2.45) is 5.92 Å². The van der Waals surface area contributed by atoms with Crippen LogP contribution in [0.4, 0.5) is 5.69 Å². The van der Waals surface area contributed by atoms with E-state index in [2.05, 4.69) is 74.4 Å². The van der Waals surface area contributed by atoms with Gasteiger partial charge in [0.15, 0.2) is 0 Å². The summed E-state index contributed by atoms with van der Waals surface area (Å²) in [4.78, 5) is 4.60. The van der Waals surface area contributed by atoms with Gasteiger partial charge in [-0.15, -0.1) is 0 Å².